The van der Waals surface area contributed by atoms with Gasteiger partial charge in [-0.3, -0.25) is 5.84 Å². The maximum Gasteiger partial charge on any atom is 0.241 e. The Morgan fingerprint density at radius 2 is 1.68 bits per heavy atom. The van der Waals surface area contributed by atoms with Crippen LogP contribution in [-0.4, -0.2) is 14.0 Å². The summed E-state index contributed by atoms with van der Waals surface area (Å²) in [6, 6.07) is 3.45. The van der Waals surface area contributed by atoms with Crippen LogP contribution in [0.2, 0.25) is 0 Å². The van der Waals surface area contributed by atoms with Crippen LogP contribution in [0.25, 0.3) is 0 Å². The van der Waals surface area contributed by atoms with E-state index in [0.717, 1.165) is 0 Å². The molecular formula is C13H23N3O2S. The van der Waals surface area contributed by atoms with Crippen LogP contribution in [0, 0.1) is 13.8 Å². The third kappa shape index (κ3) is 3.68. The van der Waals surface area contributed by atoms with Crippen molar-refractivity contribution < 1.29 is 8.42 Å². The predicted octanol–water partition coefficient (Wildman–Crippen LogP) is 2.06. The number of benzene rings is 1. The summed E-state index contributed by atoms with van der Waals surface area (Å²) in [5, 5.41) is 0. The van der Waals surface area contributed by atoms with Crippen molar-refractivity contribution in [3.05, 3.63) is 23.3 Å². The number of hydrogen-bond acceptors (Lipinski definition) is 4. The van der Waals surface area contributed by atoms with Crippen LogP contribution in [0.1, 0.15) is 38.3 Å². The Balaban J connectivity index is 3.30. The molecule has 0 fully saturated rings. The van der Waals surface area contributed by atoms with Gasteiger partial charge in [0.15, 0.2) is 0 Å². The van der Waals surface area contributed by atoms with Crippen molar-refractivity contribution in [1.29, 1.82) is 0 Å². The lowest BCUT2D eigenvalue weighted by Crippen LogP contribution is -2.43. The van der Waals surface area contributed by atoms with E-state index >= 15 is 0 Å². The Kier molecular flexibility index (Phi) is 4.60. The van der Waals surface area contributed by atoms with Crippen molar-refractivity contribution in [3.8, 4) is 0 Å². The van der Waals surface area contributed by atoms with Crippen LogP contribution in [0.5, 0.6) is 0 Å². The molecule has 1 aromatic carbocycles. The van der Waals surface area contributed by atoms with Crippen LogP contribution >= 0.6 is 0 Å². The van der Waals surface area contributed by atoms with E-state index in [-0.39, 0.29) is 0 Å². The van der Waals surface area contributed by atoms with E-state index in [4.69, 9.17) is 5.84 Å². The quantitative estimate of drug-likeness (QED) is 0.571. The predicted molar refractivity (Wildman–Crippen MR) is 78.4 cm³/mol. The summed E-state index contributed by atoms with van der Waals surface area (Å²) in [7, 11) is -3.53. The van der Waals surface area contributed by atoms with Crippen LogP contribution in [0.3, 0.4) is 0 Å². The zero-order valence-corrected chi connectivity index (χ0v) is 13.0. The van der Waals surface area contributed by atoms with Crippen molar-refractivity contribution in [2.24, 2.45) is 5.84 Å². The molecule has 0 saturated carbocycles. The first-order valence-corrected chi connectivity index (χ1v) is 7.73. The molecule has 0 saturated heterocycles. The number of aryl methyl sites for hydroxylation is 2. The van der Waals surface area contributed by atoms with Crippen molar-refractivity contribution in [2.45, 2.75) is 51.5 Å². The third-order valence-corrected chi connectivity index (χ3v) is 5.19. The van der Waals surface area contributed by atoms with Gasteiger partial charge in [0.1, 0.15) is 0 Å². The van der Waals surface area contributed by atoms with Crippen LogP contribution in [0.4, 0.5) is 5.69 Å². The fraction of sp³-hybridized carbons (Fsp3) is 0.538. The third-order valence-electron chi connectivity index (χ3n) is 3.19. The van der Waals surface area contributed by atoms with Gasteiger partial charge in [0, 0.05) is 11.2 Å². The van der Waals surface area contributed by atoms with Gasteiger partial charge in [0.2, 0.25) is 10.0 Å². The standard InChI is InChI=1S/C13H23N3O2S/c1-6-13(4,5)16-19(17,18)12-9(2)7-11(15-14)8-10(12)3/h7-8,15-16H,6,14H2,1-5H3. The molecule has 1 rings (SSSR count). The smallest absolute Gasteiger partial charge is 0.241 e. The number of sulfonamides is 1. The molecule has 19 heavy (non-hydrogen) atoms. The Morgan fingerprint density at radius 3 is 2.05 bits per heavy atom. The number of nitrogens with two attached hydrogens (primary N) is 1. The van der Waals surface area contributed by atoms with Gasteiger partial charge >= 0.3 is 0 Å². The number of rotatable bonds is 5. The minimum Gasteiger partial charge on any atom is -0.324 e. The van der Waals surface area contributed by atoms with Crippen molar-refractivity contribution in [2.75, 3.05) is 5.43 Å². The summed E-state index contributed by atoms with van der Waals surface area (Å²) in [4.78, 5) is 0.327. The van der Waals surface area contributed by atoms with Crippen LogP contribution < -0.4 is 16.0 Å². The molecular weight excluding hydrogens is 262 g/mol. The molecule has 0 bridgehead atoms. The first kappa shape index (κ1) is 15.9. The molecule has 0 amide bonds. The molecule has 0 radical (unpaired) electrons. The lowest BCUT2D eigenvalue weighted by molar-refractivity contribution is 0.439. The van der Waals surface area contributed by atoms with Gasteiger partial charge in [-0.1, -0.05) is 6.92 Å². The summed E-state index contributed by atoms with van der Waals surface area (Å²) < 4.78 is 27.7. The molecule has 0 unspecified atom stereocenters. The second kappa shape index (κ2) is 5.48. The Morgan fingerprint density at radius 1 is 1.21 bits per heavy atom. The van der Waals surface area contributed by atoms with Crippen LogP contribution in [-0.2, 0) is 10.0 Å². The lowest BCUT2D eigenvalue weighted by Gasteiger charge is -2.25. The van der Waals surface area contributed by atoms with Crippen molar-refractivity contribution in [1.82, 2.24) is 4.72 Å². The maximum absolute atomic E-state index is 12.5. The maximum atomic E-state index is 12.5. The fourth-order valence-corrected chi connectivity index (χ4v) is 3.88. The Bertz CT molecular complexity index is 542. The van der Waals surface area contributed by atoms with E-state index in [9.17, 15) is 8.42 Å². The highest BCUT2D eigenvalue weighted by molar-refractivity contribution is 7.89. The summed E-state index contributed by atoms with van der Waals surface area (Å²) in [5.41, 5.74) is 4.11. The van der Waals surface area contributed by atoms with Crippen molar-refractivity contribution >= 4 is 15.7 Å². The molecule has 0 heterocycles. The van der Waals surface area contributed by atoms with Gasteiger partial charge in [-0.25, -0.2) is 13.1 Å². The van der Waals surface area contributed by atoms with Crippen molar-refractivity contribution in [3.63, 3.8) is 0 Å². The minimum atomic E-state index is -3.53. The molecule has 0 spiro atoms. The molecule has 4 N–H and O–H groups in total. The summed E-state index contributed by atoms with van der Waals surface area (Å²) in [6.07, 6.45) is 0.715. The molecule has 6 heteroatoms. The topological polar surface area (TPSA) is 84.2 Å². The molecule has 0 aliphatic heterocycles. The summed E-state index contributed by atoms with van der Waals surface area (Å²) in [6.45, 7) is 9.21. The molecule has 0 aromatic heterocycles. The van der Waals surface area contributed by atoms with E-state index in [2.05, 4.69) is 10.1 Å². The number of hydrazine groups is 1. The molecule has 0 aliphatic carbocycles. The highest BCUT2D eigenvalue weighted by Gasteiger charge is 2.27. The monoisotopic (exact) mass is 285 g/mol. The average Bonchev–Trinajstić information content (AvgIpc) is 2.26. The van der Waals surface area contributed by atoms with E-state index in [1.54, 1.807) is 26.0 Å². The first-order valence-electron chi connectivity index (χ1n) is 6.25. The molecule has 1 aromatic rings. The van der Waals surface area contributed by atoms with Gasteiger partial charge in [-0.2, -0.15) is 0 Å². The lowest BCUT2D eigenvalue weighted by atomic mass is 10.0. The number of hydrogen-bond donors (Lipinski definition) is 3. The van der Waals surface area contributed by atoms with E-state index in [0.29, 0.717) is 28.1 Å². The summed E-state index contributed by atoms with van der Waals surface area (Å²) >= 11 is 0. The van der Waals surface area contributed by atoms with Gasteiger partial charge < -0.3 is 5.43 Å². The van der Waals surface area contributed by atoms with Gasteiger partial charge in [-0.05, 0) is 57.4 Å². The van der Waals surface area contributed by atoms with E-state index in [1.165, 1.54) is 0 Å². The second-order valence-corrected chi connectivity index (χ2v) is 7.05. The Hall–Kier alpha value is -1.11. The normalized spacial score (nSPS) is 12.5. The highest BCUT2D eigenvalue weighted by atomic mass is 32.2. The number of nitrogen functional groups attached to an aromatic ring is 1. The largest absolute Gasteiger partial charge is 0.324 e. The fourth-order valence-electron chi connectivity index (χ4n) is 1.94. The molecule has 108 valence electrons. The second-order valence-electron chi connectivity index (χ2n) is 5.43. The van der Waals surface area contributed by atoms with Gasteiger partial charge in [0.05, 0.1) is 4.90 Å². The van der Waals surface area contributed by atoms with E-state index in [1.807, 2.05) is 20.8 Å². The average molecular weight is 285 g/mol. The Labute approximate surface area is 115 Å². The van der Waals surface area contributed by atoms with E-state index < -0.39 is 15.6 Å². The molecule has 5 nitrogen and oxygen atoms in total. The number of anilines is 1. The zero-order chi connectivity index (χ0) is 14.8. The molecule has 0 aliphatic rings. The highest BCUT2D eigenvalue weighted by Crippen LogP contribution is 2.25. The minimum absolute atomic E-state index is 0.327. The van der Waals surface area contributed by atoms with Crippen LogP contribution in [0.15, 0.2) is 17.0 Å². The van der Waals surface area contributed by atoms with Gasteiger partial charge in [0.25, 0.3) is 0 Å². The van der Waals surface area contributed by atoms with Gasteiger partial charge in [-0.15, -0.1) is 0 Å². The zero-order valence-electron chi connectivity index (χ0n) is 12.2. The summed E-state index contributed by atoms with van der Waals surface area (Å²) in [5.74, 6) is 5.35. The molecule has 0 atom stereocenters. The number of nitrogens with one attached hydrogen (secondary N) is 2. The SMILES string of the molecule is CCC(C)(C)NS(=O)(=O)c1c(C)cc(NN)cc1C. The first-order chi connectivity index (χ1) is 8.63.